The number of carbonyl (C=O) groups is 1. The normalized spacial score (nSPS) is 35.0. The van der Waals surface area contributed by atoms with Gasteiger partial charge < -0.3 is 0 Å². The van der Waals surface area contributed by atoms with Crippen LogP contribution in [0, 0.1) is 17.8 Å². The van der Waals surface area contributed by atoms with Gasteiger partial charge in [0.2, 0.25) is 0 Å². The molecular weight excluding hydrogens is 160 g/mol. The van der Waals surface area contributed by atoms with Gasteiger partial charge in [-0.2, -0.15) is 0 Å². The molecule has 0 aliphatic heterocycles. The quantitative estimate of drug-likeness (QED) is 0.653. The number of ketones is 1. The molecule has 1 saturated carbocycles. The first kappa shape index (κ1) is 10.7. The highest BCUT2D eigenvalue weighted by Crippen LogP contribution is 2.38. The van der Waals surface area contributed by atoms with Crippen LogP contribution in [0.15, 0.2) is 0 Å². The highest BCUT2D eigenvalue weighted by Gasteiger charge is 2.34. The Balaban J connectivity index is 2.70. The molecule has 1 rings (SSSR count). The molecule has 0 N–H and O–H groups in total. The minimum absolute atomic E-state index is 0.378. The Labute approximate surface area is 81.9 Å². The van der Waals surface area contributed by atoms with Gasteiger partial charge in [-0.3, -0.25) is 4.79 Å². The third-order valence-corrected chi connectivity index (χ3v) is 3.73. The molecule has 76 valence electrons. The van der Waals surface area contributed by atoms with Crippen molar-refractivity contribution in [2.45, 2.75) is 52.9 Å². The van der Waals surface area contributed by atoms with Gasteiger partial charge in [0, 0.05) is 12.3 Å². The minimum atomic E-state index is 0.378. The second-order valence-corrected chi connectivity index (χ2v) is 4.26. The van der Waals surface area contributed by atoms with Crippen LogP contribution in [0.25, 0.3) is 0 Å². The first-order chi connectivity index (χ1) is 6.24. The molecular formula is C12H22O. The van der Waals surface area contributed by atoms with Crippen LogP contribution in [0.5, 0.6) is 0 Å². The van der Waals surface area contributed by atoms with Crippen LogP contribution in [0.2, 0.25) is 0 Å². The van der Waals surface area contributed by atoms with Gasteiger partial charge in [0.25, 0.3) is 0 Å². The van der Waals surface area contributed by atoms with Crippen molar-refractivity contribution < 1.29 is 4.79 Å². The van der Waals surface area contributed by atoms with Gasteiger partial charge in [-0.05, 0) is 24.7 Å². The number of Topliss-reactive ketones (excluding diaryl/α,β-unsaturated/α-hetero) is 1. The van der Waals surface area contributed by atoms with Gasteiger partial charge in [0.15, 0.2) is 0 Å². The second kappa shape index (κ2) is 4.78. The molecule has 3 unspecified atom stereocenters. The van der Waals surface area contributed by atoms with Gasteiger partial charge in [0.05, 0.1) is 0 Å². The summed E-state index contributed by atoms with van der Waals surface area (Å²) >= 11 is 0. The van der Waals surface area contributed by atoms with Crippen molar-refractivity contribution in [3.8, 4) is 0 Å². The lowest BCUT2D eigenvalue weighted by Crippen LogP contribution is -2.34. The maximum Gasteiger partial charge on any atom is 0.136 e. The predicted octanol–water partition coefficient (Wildman–Crippen LogP) is 3.43. The summed E-state index contributed by atoms with van der Waals surface area (Å²) in [6, 6.07) is 0. The molecule has 1 aliphatic rings. The molecule has 1 fully saturated rings. The predicted molar refractivity (Wildman–Crippen MR) is 55.6 cm³/mol. The summed E-state index contributed by atoms with van der Waals surface area (Å²) in [6.45, 7) is 6.65. The smallest absolute Gasteiger partial charge is 0.136 e. The van der Waals surface area contributed by atoms with E-state index in [1.54, 1.807) is 0 Å². The third kappa shape index (κ3) is 2.12. The zero-order chi connectivity index (χ0) is 9.84. The summed E-state index contributed by atoms with van der Waals surface area (Å²) in [5, 5.41) is 0. The molecule has 0 spiro atoms. The molecule has 0 aromatic carbocycles. The maximum absolute atomic E-state index is 11.7. The van der Waals surface area contributed by atoms with Crippen LogP contribution >= 0.6 is 0 Å². The van der Waals surface area contributed by atoms with Crippen LogP contribution in [-0.2, 0) is 4.79 Å². The summed E-state index contributed by atoms with van der Waals surface area (Å²) in [5.41, 5.74) is 0. The van der Waals surface area contributed by atoms with Crippen molar-refractivity contribution >= 4 is 5.78 Å². The molecule has 3 atom stereocenters. The molecule has 0 aromatic heterocycles. The van der Waals surface area contributed by atoms with E-state index >= 15 is 0 Å². The summed E-state index contributed by atoms with van der Waals surface area (Å²) in [6.07, 6.45) is 5.47. The van der Waals surface area contributed by atoms with Crippen LogP contribution in [-0.4, -0.2) is 5.78 Å². The molecule has 0 amide bonds. The highest BCUT2D eigenvalue weighted by atomic mass is 16.1. The monoisotopic (exact) mass is 182 g/mol. The van der Waals surface area contributed by atoms with Crippen molar-refractivity contribution in [1.82, 2.24) is 0 Å². The Morgan fingerprint density at radius 1 is 1.15 bits per heavy atom. The van der Waals surface area contributed by atoms with E-state index in [0.717, 1.165) is 25.2 Å². The van der Waals surface area contributed by atoms with E-state index in [2.05, 4.69) is 20.8 Å². The fraction of sp³-hybridized carbons (Fsp3) is 0.917. The Morgan fingerprint density at radius 3 is 2.31 bits per heavy atom. The largest absolute Gasteiger partial charge is 0.299 e. The maximum atomic E-state index is 11.7. The first-order valence-corrected chi connectivity index (χ1v) is 5.77. The molecule has 1 aliphatic carbocycles. The van der Waals surface area contributed by atoms with E-state index in [-0.39, 0.29) is 0 Å². The highest BCUT2D eigenvalue weighted by molar-refractivity contribution is 5.82. The molecule has 0 radical (unpaired) electrons. The molecule has 0 heterocycles. The van der Waals surface area contributed by atoms with Crippen molar-refractivity contribution in [2.24, 2.45) is 17.8 Å². The SMILES string of the molecule is CCC1CCC(=O)C(CC)C1CC. The van der Waals surface area contributed by atoms with E-state index in [9.17, 15) is 4.79 Å². The van der Waals surface area contributed by atoms with E-state index < -0.39 is 0 Å². The second-order valence-electron chi connectivity index (χ2n) is 4.26. The fourth-order valence-corrected chi connectivity index (χ4v) is 2.95. The summed E-state index contributed by atoms with van der Waals surface area (Å²) in [4.78, 5) is 11.7. The lowest BCUT2D eigenvalue weighted by atomic mass is 9.68. The van der Waals surface area contributed by atoms with E-state index in [0.29, 0.717) is 17.6 Å². The van der Waals surface area contributed by atoms with Crippen molar-refractivity contribution in [3.63, 3.8) is 0 Å². The van der Waals surface area contributed by atoms with Crippen LogP contribution in [0.1, 0.15) is 52.9 Å². The summed E-state index contributed by atoms with van der Waals surface area (Å²) < 4.78 is 0. The Hall–Kier alpha value is -0.330. The van der Waals surface area contributed by atoms with Gasteiger partial charge in [0.1, 0.15) is 5.78 Å². The fourth-order valence-electron chi connectivity index (χ4n) is 2.95. The number of carbonyl (C=O) groups excluding carboxylic acids is 1. The van der Waals surface area contributed by atoms with Crippen molar-refractivity contribution in [2.75, 3.05) is 0 Å². The van der Waals surface area contributed by atoms with Crippen LogP contribution < -0.4 is 0 Å². The number of rotatable bonds is 3. The zero-order valence-electron chi connectivity index (χ0n) is 9.18. The average Bonchev–Trinajstić information content (AvgIpc) is 2.17. The third-order valence-electron chi connectivity index (χ3n) is 3.73. The summed E-state index contributed by atoms with van der Waals surface area (Å²) in [5.74, 6) is 2.40. The topological polar surface area (TPSA) is 17.1 Å². The summed E-state index contributed by atoms with van der Waals surface area (Å²) in [7, 11) is 0. The Morgan fingerprint density at radius 2 is 1.85 bits per heavy atom. The van der Waals surface area contributed by atoms with Crippen molar-refractivity contribution in [1.29, 1.82) is 0 Å². The van der Waals surface area contributed by atoms with Gasteiger partial charge in [-0.15, -0.1) is 0 Å². The molecule has 0 aromatic rings. The van der Waals surface area contributed by atoms with Gasteiger partial charge in [-0.1, -0.05) is 33.6 Å². The van der Waals surface area contributed by atoms with E-state index in [4.69, 9.17) is 0 Å². The minimum Gasteiger partial charge on any atom is -0.299 e. The van der Waals surface area contributed by atoms with E-state index in [1.165, 1.54) is 12.8 Å². The molecule has 0 saturated heterocycles. The number of hydrogen-bond acceptors (Lipinski definition) is 1. The molecule has 1 heteroatoms. The van der Waals surface area contributed by atoms with Gasteiger partial charge >= 0.3 is 0 Å². The average molecular weight is 182 g/mol. The molecule has 1 nitrogen and oxygen atoms in total. The van der Waals surface area contributed by atoms with Crippen molar-refractivity contribution in [3.05, 3.63) is 0 Å². The first-order valence-electron chi connectivity index (χ1n) is 5.77. The Bertz CT molecular complexity index is 174. The number of hydrogen-bond donors (Lipinski definition) is 0. The van der Waals surface area contributed by atoms with Crippen LogP contribution in [0.3, 0.4) is 0 Å². The molecule has 13 heavy (non-hydrogen) atoms. The van der Waals surface area contributed by atoms with Crippen LogP contribution in [0.4, 0.5) is 0 Å². The van der Waals surface area contributed by atoms with E-state index in [1.807, 2.05) is 0 Å². The lowest BCUT2D eigenvalue weighted by molar-refractivity contribution is -0.128. The van der Waals surface area contributed by atoms with Gasteiger partial charge in [-0.25, -0.2) is 0 Å². The zero-order valence-corrected chi connectivity index (χ0v) is 9.18. The standard InChI is InChI=1S/C12H22O/c1-4-9-7-8-12(13)11(6-3)10(9)5-2/h9-11H,4-8H2,1-3H3. The Kier molecular flexibility index (Phi) is 3.95. The lowest BCUT2D eigenvalue weighted by Gasteiger charge is -2.36. The molecule has 0 bridgehead atoms.